The minimum atomic E-state index is -0.592. The van der Waals surface area contributed by atoms with Crippen molar-refractivity contribution in [2.75, 3.05) is 43.8 Å². The molecule has 5 aromatic rings. The summed E-state index contributed by atoms with van der Waals surface area (Å²) in [5, 5.41) is 18.0. The van der Waals surface area contributed by atoms with Crippen LogP contribution in [0.2, 0.25) is 0 Å². The van der Waals surface area contributed by atoms with Crippen LogP contribution in [-0.2, 0) is 26.3 Å². The number of benzene rings is 2. The number of amides is 2. The zero-order valence-corrected chi connectivity index (χ0v) is 33.2. The number of carbonyl (C=O) groups is 2. The zero-order valence-electron chi connectivity index (χ0n) is 33.2. The number of aromatic nitrogens is 5. The number of nitrogens with one attached hydrogen (secondary N) is 1. The van der Waals surface area contributed by atoms with Gasteiger partial charge in [-0.25, -0.2) is 9.48 Å². The predicted molar refractivity (Wildman–Crippen MR) is 214 cm³/mol. The molecule has 3 aromatic heterocycles. The molecule has 0 saturated carbocycles. The van der Waals surface area contributed by atoms with E-state index in [1.807, 2.05) is 99.1 Å². The molecule has 7 rings (SSSR count). The molecule has 1 saturated heterocycles. The Hall–Kier alpha value is -5.47. The molecule has 1 aliphatic carbocycles. The topological polar surface area (TPSA) is 132 Å². The van der Waals surface area contributed by atoms with E-state index in [0.717, 1.165) is 70.7 Å². The number of fused-ring (bicyclic) bond motifs is 2. The quantitative estimate of drug-likeness (QED) is 0.0996. The van der Waals surface area contributed by atoms with E-state index < -0.39 is 6.03 Å². The molecule has 0 bridgehead atoms. The molecule has 14 heteroatoms. The summed E-state index contributed by atoms with van der Waals surface area (Å²) in [6.07, 6.45) is 6.45. The van der Waals surface area contributed by atoms with Gasteiger partial charge in [-0.3, -0.25) is 14.1 Å². The fourth-order valence-electron chi connectivity index (χ4n) is 7.66. The minimum Gasteiger partial charge on any atom is -0.484 e. The smallest absolute Gasteiger partial charge is 0.357 e. The Morgan fingerprint density at radius 1 is 1.00 bits per heavy atom. The van der Waals surface area contributed by atoms with Gasteiger partial charge in [0.25, 0.3) is 0 Å². The second kappa shape index (κ2) is 16.7. The molecule has 2 amide bonds. The van der Waals surface area contributed by atoms with E-state index >= 15 is 0 Å². The highest BCUT2D eigenvalue weighted by atomic mass is 16.7. The largest absolute Gasteiger partial charge is 0.484 e. The number of ether oxygens (including phenoxy) is 2. The predicted octanol–water partition coefficient (Wildman–Crippen LogP) is 6.93. The first-order valence-corrected chi connectivity index (χ1v) is 19.5. The van der Waals surface area contributed by atoms with Crippen LogP contribution in [0.15, 0.2) is 72.9 Å². The van der Waals surface area contributed by atoms with Gasteiger partial charge in [-0.05, 0) is 87.0 Å². The van der Waals surface area contributed by atoms with Crippen molar-refractivity contribution in [3.63, 3.8) is 0 Å². The lowest BCUT2D eigenvalue weighted by Gasteiger charge is -2.34. The number of likely N-dealkylation sites (N-methyl/N-ethyl adjacent to an activating group) is 1. The van der Waals surface area contributed by atoms with Gasteiger partial charge in [-0.2, -0.15) is 5.10 Å². The number of rotatable bonds is 13. The average Bonchev–Trinajstić information content (AvgIpc) is 3.83. The van der Waals surface area contributed by atoms with Crippen LogP contribution in [0.5, 0.6) is 5.75 Å². The van der Waals surface area contributed by atoms with Gasteiger partial charge in [0.2, 0.25) is 5.95 Å². The molecule has 56 heavy (non-hydrogen) atoms. The van der Waals surface area contributed by atoms with E-state index in [9.17, 15) is 9.59 Å². The van der Waals surface area contributed by atoms with Gasteiger partial charge in [0.05, 0.1) is 30.2 Å². The maximum absolute atomic E-state index is 14.2. The Balaban J connectivity index is 1.13. The van der Waals surface area contributed by atoms with Crippen LogP contribution in [0, 0.1) is 0 Å². The Kier molecular flexibility index (Phi) is 11.6. The van der Waals surface area contributed by atoms with Crippen LogP contribution in [0.3, 0.4) is 0 Å². The number of pyridine rings is 1. The van der Waals surface area contributed by atoms with Crippen molar-refractivity contribution >= 4 is 29.9 Å². The lowest BCUT2D eigenvalue weighted by atomic mass is 9.85. The number of anilines is 2. The third-order valence-corrected chi connectivity index (χ3v) is 10.7. The van der Waals surface area contributed by atoms with Crippen molar-refractivity contribution in [2.24, 2.45) is 0 Å². The summed E-state index contributed by atoms with van der Waals surface area (Å²) in [4.78, 5) is 36.2. The third-order valence-electron chi connectivity index (χ3n) is 10.7. The Labute approximate surface area is 328 Å². The number of carbonyl (C=O) groups excluding carboxylic acids is 2. The van der Waals surface area contributed by atoms with Crippen LogP contribution in [0.25, 0.3) is 11.3 Å². The molecule has 0 unspecified atom stereocenters. The zero-order chi connectivity index (χ0) is 39.4. The summed E-state index contributed by atoms with van der Waals surface area (Å²) in [6.45, 7) is 11.7. The summed E-state index contributed by atoms with van der Waals surface area (Å²) in [5.74, 6) is 1.85. The molecule has 4 heterocycles. The van der Waals surface area contributed by atoms with Crippen molar-refractivity contribution in [1.29, 1.82) is 0 Å². The van der Waals surface area contributed by atoms with Crippen molar-refractivity contribution < 1.29 is 23.9 Å². The number of urea groups is 1. The highest BCUT2D eigenvalue weighted by molar-refractivity contribution is 5.90. The lowest BCUT2D eigenvalue weighted by Crippen LogP contribution is -2.43. The fourth-order valence-corrected chi connectivity index (χ4v) is 7.66. The highest BCUT2D eigenvalue weighted by Gasteiger charge is 2.34. The number of nitrogens with zero attached hydrogens (tertiary/aromatic N) is 8. The van der Waals surface area contributed by atoms with E-state index in [1.165, 1.54) is 6.42 Å². The second-order valence-corrected chi connectivity index (χ2v) is 15.9. The van der Waals surface area contributed by atoms with E-state index in [2.05, 4.69) is 32.2 Å². The first kappa shape index (κ1) is 38.8. The van der Waals surface area contributed by atoms with E-state index in [1.54, 1.807) is 17.9 Å². The second-order valence-electron chi connectivity index (χ2n) is 15.9. The summed E-state index contributed by atoms with van der Waals surface area (Å²) in [5.41, 5.74) is 4.84. The Morgan fingerprint density at radius 3 is 2.59 bits per heavy atom. The first-order valence-electron chi connectivity index (χ1n) is 19.5. The molecule has 0 radical (unpaired) electrons. The molecular formula is C42H53N9O5. The van der Waals surface area contributed by atoms with E-state index in [0.29, 0.717) is 43.6 Å². The SMILES string of the molecule is COCCN(C)Cc1cccc(-n2nc(C(C)(C)C)cc2N(OC=O)C(=O)N[C@H]2CC[C@@H](Oc3ccc4nnc(N5CCCC[C@@H]5C)n4c3)c3ccccc32)c1. The van der Waals surface area contributed by atoms with Crippen LogP contribution >= 0.6 is 0 Å². The summed E-state index contributed by atoms with van der Waals surface area (Å²) in [6, 6.07) is 21.0. The molecule has 2 aromatic carbocycles. The third kappa shape index (κ3) is 8.36. The van der Waals surface area contributed by atoms with Crippen molar-refractivity contribution in [2.45, 2.75) is 89.9 Å². The molecule has 1 aliphatic heterocycles. The van der Waals surface area contributed by atoms with Crippen molar-refractivity contribution in [3.05, 3.63) is 95.3 Å². The number of methoxy groups -OCH3 is 1. The Bertz CT molecular complexity index is 2140. The maximum Gasteiger partial charge on any atom is 0.357 e. The van der Waals surface area contributed by atoms with E-state index in [4.69, 9.17) is 19.4 Å². The van der Waals surface area contributed by atoms with Gasteiger partial charge in [0, 0.05) is 44.3 Å². The average molecular weight is 764 g/mol. The van der Waals surface area contributed by atoms with Gasteiger partial charge in [0.1, 0.15) is 11.9 Å². The summed E-state index contributed by atoms with van der Waals surface area (Å²) >= 11 is 0. The van der Waals surface area contributed by atoms with Gasteiger partial charge >= 0.3 is 12.5 Å². The van der Waals surface area contributed by atoms with Crippen molar-refractivity contribution in [3.8, 4) is 11.4 Å². The van der Waals surface area contributed by atoms with E-state index in [-0.39, 0.29) is 24.0 Å². The number of hydrogen-bond acceptors (Lipinski definition) is 10. The van der Waals surface area contributed by atoms with Gasteiger partial charge in [-0.1, -0.05) is 57.2 Å². The molecular weight excluding hydrogens is 711 g/mol. The first-order chi connectivity index (χ1) is 27.0. The maximum atomic E-state index is 14.2. The molecule has 1 fully saturated rings. The summed E-state index contributed by atoms with van der Waals surface area (Å²) in [7, 11) is 3.73. The molecule has 296 valence electrons. The van der Waals surface area contributed by atoms with Gasteiger partial charge < -0.3 is 24.5 Å². The van der Waals surface area contributed by atoms with Crippen molar-refractivity contribution in [1.82, 2.24) is 34.6 Å². The summed E-state index contributed by atoms with van der Waals surface area (Å²) < 4.78 is 15.6. The molecule has 2 aliphatic rings. The minimum absolute atomic E-state index is 0.246. The number of piperidine rings is 1. The fraction of sp³-hybridized carbons (Fsp3) is 0.452. The Morgan fingerprint density at radius 2 is 1.82 bits per heavy atom. The number of hydroxylamine groups is 1. The van der Waals surface area contributed by atoms with Gasteiger partial charge in [0.15, 0.2) is 11.5 Å². The highest BCUT2D eigenvalue weighted by Crippen LogP contribution is 2.39. The van der Waals surface area contributed by atoms with Crippen LogP contribution in [-0.4, -0.2) is 81.7 Å². The van der Waals surface area contributed by atoms with Crippen LogP contribution in [0.1, 0.15) is 94.3 Å². The number of hydrogen-bond donors (Lipinski definition) is 1. The molecule has 1 N–H and O–H groups in total. The normalized spacial score (nSPS) is 18.5. The van der Waals surface area contributed by atoms with Crippen LogP contribution in [0.4, 0.5) is 16.6 Å². The monoisotopic (exact) mass is 763 g/mol. The molecule has 3 atom stereocenters. The van der Waals surface area contributed by atoms with Gasteiger partial charge in [-0.15, -0.1) is 15.3 Å². The van der Waals surface area contributed by atoms with Crippen LogP contribution < -0.4 is 20.0 Å². The lowest BCUT2D eigenvalue weighted by molar-refractivity contribution is -0.129. The molecule has 0 spiro atoms. The molecule has 14 nitrogen and oxygen atoms in total. The standard InChI is InChI=1S/C42H53N9O5/c1-29-12-9-10-21-48(29)40-45-44-38-20-17-32(27-49(38)40)56-36-19-18-35(33-15-7-8-16-34(33)36)43-41(53)51(55-28-52)39-25-37(42(2,3)4)46-50(39)31-14-11-13-30(24-31)26-47(5)22-23-54-6/h7-8,11,13-17,20,24-25,27-29,35-36H,9-10,12,18-19,21-23,26H2,1-6H3,(H,43,53)/t29-,35-,36+/m0/s1.